The van der Waals surface area contributed by atoms with Crippen LogP contribution in [0.4, 0.5) is 0 Å². The summed E-state index contributed by atoms with van der Waals surface area (Å²) in [7, 11) is 3.54. The molecule has 3 nitrogen and oxygen atoms in total. The highest BCUT2D eigenvalue weighted by Crippen LogP contribution is 2.52. The number of ether oxygens (including phenoxy) is 3. The molecule has 2 aliphatic heterocycles. The Morgan fingerprint density at radius 1 is 1.06 bits per heavy atom. The van der Waals surface area contributed by atoms with Crippen LogP contribution in [0, 0.1) is 11.8 Å². The monoisotopic (exact) mass is 242 g/mol. The Bertz CT molecular complexity index is 244. The molecule has 0 amide bonds. The second-order valence-corrected chi connectivity index (χ2v) is 6.25. The Labute approximate surface area is 105 Å². The van der Waals surface area contributed by atoms with Crippen molar-refractivity contribution >= 4 is 0 Å². The minimum atomic E-state index is -0.0412. The van der Waals surface area contributed by atoms with E-state index in [1.165, 1.54) is 0 Å². The van der Waals surface area contributed by atoms with Crippen LogP contribution < -0.4 is 0 Å². The van der Waals surface area contributed by atoms with Crippen molar-refractivity contribution in [3.8, 4) is 0 Å². The first kappa shape index (κ1) is 13.3. The summed E-state index contributed by atoms with van der Waals surface area (Å²) in [6, 6.07) is 0. The zero-order valence-corrected chi connectivity index (χ0v) is 11.6. The average Bonchev–Trinajstić information content (AvgIpc) is 2.51. The van der Waals surface area contributed by atoms with E-state index in [4.69, 9.17) is 14.2 Å². The highest BCUT2D eigenvalue weighted by atomic mass is 16.6. The summed E-state index contributed by atoms with van der Waals surface area (Å²) in [5.74, 6) is 1.45. The molecule has 17 heavy (non-hydrogen) atoms. The molecule has 0 saturated carbocycles. The molecule has 3 heteroatoms. The van der Waals surface area contributed by atoms with Crippen molar-refractivity contribution in [2.24, 2.45) is 11.8 Å². The third-order valence-corrected chi connectivity index (χ3v) is 4.50. The molecule has 2 rings (SSSR count). The predicted molar refractivity (Wildman–Crippen MR) is 67.1 cm³/mol. The topological polar surface area (TPSA) is 27.7 Å². The van der Waals surface area contributed by atoms with Crippen molar-refractivity contribution < 1.29 is 14.2 Å². The first-order chi connectivity index (χ1) is 8.05. The number of methoxy groups -OCH3 is 2. The Morgan fingerprint density at radius 3 is 1.88 bits per heavy atom. The van der Waals surface area contributed by atoms with E-state index in [9.17, 15) is 0 Å². The van der Waals surface area contributed by atoms with Gasteiger partial charge in [-0.3, -0.25) is 0 Å². The third kappa shape index (κ3) is 2.51. The van der Waals surface area contributed by atoms with Crippen molar-refractivity contribution in [3.05, 3.63) is 0 Å². The quantitative estimate of drug-likeness (QED) is 0.741. The Morgan fingerprint density at radius 2 is 1.53 bits per heavy atom. The maximum atomic E-state index is 6.38. The molecular weight excluding hydrogens is 216 g/mol. The molecule has 100 valence electrons. The number of fused-ring (bicyclic) bond motifs is 2. The zero-order valence-electron chi connectivity index (χ0n) is 11.6. The van der Waals surface area contributed by atoms with E-state index < -0.39 is 0 Å². The molecule has 2 heterocycles. The third-order valence-electron chi connectivity index (χ3n) is 4.50. The lowest BCUT2D eigenvalue weighted by Crippen LogP contribution is -2.49. The van der Waals surface area contributed by atoms with Gasteiger partial charge >= 0.3 is 0 Å². The van der Waals surface area contributed by atoms with Crippen LogP contribution in [-0.2, 0) is 14.2 Å². The lowest BCUT2D eigenvalue weighted by molar-refractivity contribution is -0.197. The van der Waals surface area contributed by atoms with Crippen LogP contribution in [0.3, 0.4) is 0 Å². The molecule has 0 spiro atoms. The minimum absolute atomic E-state index is 0.0412. The molecule has 2 aliphatic rings. The molecule has 2 fully saturated rings. The highest BCUT2D eigenvalue weighted by Gasteiger charge is 2.55. The van der Waals surface area contributed by atoms with E-state index in [-0.39, 0.29) is 11.2 Å². The Hall–Kier alpha value is -0.120. The number of hydrogen-bond donors (Lipinski definition) is 0. The van der Waals surface area contributed by atoms with Crippen LogP contribution in [0.15, 0.2) is 0 Å². The molecule has 0 aromatic heterocycles. The largest absolute Gasteiger partial charge is 0.382 e. The molecule has 0 aromatic rings. The highest BCUT2D eigenvalue weighted by molar-refractivity contribution is 5.04. The lowest BCUT2D eigenvalue weighted by Gasteiger charge is -2.45. The summed E-state index contributed by atoms with van der Waals surface area (Å²) < 4.78 is 17.2. The summed E-state index contributed by atoms with van der Waals surface area (Å²) in [4.78, 5) is 0. The number of rotatable bonds is 5. The van der Waals surface area contributed by atoms with Crippen LogP contribution in [0.5, 0.6) is 0 Å². The van der Waals surface area contributed by atoms with Gasteiger partial charge in [-0.25, -0.2) is 0 Å². The van der Waals surface area contributed by atoms with Crippen LogP contribution in [-0.4, -0.2) is 38.6 Å². The molecule has 0 N–H and O–H groups in total. The number of hydrogen-bond acceptors (Lipinski definition) is 3. The van der Waals surface area contributed by atoms with E-state index in [1.54, 1.807) is 14.2 Å². The molecule has 0 aliphatic carbocycles. The molecule has 0 aromatic carbocycles. The molecule has 0 radical (unpaired) electrons. The fourth-order valence-corrected chi connectivity index (χ4v) is 3.65. The fraction of sp³-hybridized carbons (Fsp3) is 1.00. The lowest BCUT2D eigenvalue weighted by atomic mass is 9.78. The van der Waals surface area contributed by atoms with E-state index in [0.29, 0.717) is 5.92 Å². The van der Waals surface area contributed by atoms with Gasteiger partial charge < -0.3 is 14.2 Å². The SMILES string of the molecule is COC[C@@]12CC[C@@](COC)(C[C@@H](C(C)C)C1)O2. The van der Waals surface area contributed by atoms with Gasteiger partial charge in [0, 0.05) is 14.2 Å². The first-order valence-electron chi connectivity index (χ1n) is 6.73. The van der Waals surface area contributed by atoms with E-state index in [0.717, 1.165) is 44.8 Å². The van der Waals surface area contributed by atoms with Crippen molar-refractivity contribution in [3.63, 3.8) is 0 Å². The zero-order chi connectivity index (χ0) is 12.5. The fourth-order valence-electron chi connectivity index (χ4n) is 3.65. The van der Waals surface area contributed by atoms with Gasteiger partial charge in [0.15, 0.2) is 0 Å². The Kier molecular flexibility index (Phi) is 3.81. The van der Waals surface area contributed by atoms with E-state index in [1.807, 2.05) is 0 Å². The summed E-state index contributed by atoms with van der Waals surface area (Å²) >= 11 is 0. The first-order valence-corrected chi connectivity index (χ1v) is 6.73. The van der Waals surface area contributed by atoms with Crippen LogP contribution >= 0.6 is 0 Å². The summed E-state index contributed by atoms with van der Waals surface area (Å²) in [6.45, 7) is 6.08. The average molecular weight is 242 g/mol. The van der Waals surface area contributed by atoms with Crippen LogP contribution in [0.2, 0.25) is 0 Å². The van der Waals surface area contributed by atoms with E-state index >= 15 is 0 Å². The van der Waals surface area contributed by atoms with E-state index in [2.05, 4.69) is 13.8 Å². The molecule has 2 bridgehead atoms. The van der Waals surface area contributed by atoms with Crippen LogP contribution in [0.1, 0.15) is 39.5 Å². The van der Waals surface area contributed by atoms with Gasteiger partial charge in [-0.2, -0.15) is 0 Å². The van der Waals surface area contributed by atoms with Gasteiger partial charge in [-0.05, 0) is 37.5 Å². The van der Waals surface area contributed by atoms with Gasteiger partial charge in [0.1, 0.15) is 0 Å². The second-order valence-electron chi connectivity index (χ2n) is 6.25. The van der Waals surface area contributed by atoms with Gasteiger partial charge in [0.25, 0.3) is 0 Å². The Balaban J connectivity index is 2.16. The molecule has 3 atom stereocenters. The van der Waals surface area contributed by atoms with Crippen molar-refractivity contribution in [1.29, 1.82) is 0 Å². The van der Waals surface area contributed by atoms with Crippen molar-refractivity contribution in [2.75, 3.05) is 27.4 Å². The molecular formula is C14H26O3. The molecule has 0 unspecified atom stereocenters. The molecule has 2 saturated heterocycles. The van der Waals surface area contributed by atoms with Gasteiger partial charge in [-0.1, -0.05) is 13.8 Å². The van der Waals surface area contributed by atoms with Gasteiger partial charge in [0.2, 0.25) is 0 Å². The predicted octanol–water partition coefficient (Wildman–Crippen LogP) is 2.63. The normalized spacial score (nSPS) is 41.1. The smallest absolute Gasteiger partial charge is 0.0927 e. The standard InChI is InChI=1S/C14H26O3/c1-11(2)12-7-13(9-15-3)5-6-14(8-12,17-13)10-16-4/h11-12H,5-10H2,1-4H3/t12-,13+,14-. The van der Waals surface area contributed by atoms with Gasteiger partial charge in [0.05, 0.1) is 24.4 Å². The van der Waals surface area contributed by atoms with Crippen LogP contribution in [0.25, 0.3) is 0 Å². The maximum Gasteiger partial charge on any atom is 0.0927 e. The maximum absolute atomic E-state index is 6.38. The van der Waals surface area contributed by atoms with Crippen molar-refractivity contribution in [2.45, 2.75) is 50.7 Å². The summed E-state index contributed by atoms with van der Waals surface area (Å²) in [5.41, 5.74) is -0.0824. The summed E-state index contributed by atoms with van der Waals surface area (Å²) in [6.07, 6.45) is 4.52. The van der Waals surface area contributed by atoms with Crippen molar-refractivity contribution in [1.82, 2.24) is 0 Å². The minimum Gasteiger partial charge on any atom is -0.382 e. The summed E-state index contributed by atoms with van der Waals surface area (Å²) in [5, 5.41) is 0. The van der Waals surface area contributed by atoms with Gasteiger partial charge in [-0.15, -0.1) is 0 Å². The second kappa shape index (κ2) is 4.87.